The fourth-order valence-corrected chi connectivity index (χ4v) is 1.94. The van der Waals surface area contributed by atoms with Crippen LogP contribution in [0, 0.1) is 0 Å². The predicted octanol–water partition coefficient (Wildman–Crippen LogP) is 3.36. The molecule has 0 fully saturated rings. The van der Waals surface area contributed by atoms with Gasteiger partial charge in [-0.1, -0.05) is 6.07 Å². The number of phenols is 1. The quantitative estimate of drug-likeness (QED) is 0.571. The van der Waals surface area contributed by atoms with Gasteiger partial charge in [-0.3, -0.25) is 4.79 Å². The zero-order valence-corrected chi connectivity index (χ0v) is 13.3. The second kappa shape index (κ2) is 7.69. The van der Waals surface area contributed by atoms with Crippen LogP contribution in [0.1, 0.15) is 18.1 Å². The molecule has 132 valence electrons. The molecule has 0 radical (unpaired) electrons. The van der Waals surface area contributed by atoms with Crippen LogP contribution >= 0.6 is 0 Å². The Morgan fingerprint density at radius 2 is 1.84 bits per heavy atom. The van der Waals surface area contributed by atoms with Crippen molar-refractivity contribution >= 4 is 17.3 Å². The number of hydrazone groups is 1. The molecule has 0 spiro atoms. The molecule has 0 unspecified atom stereocenters. The van der Waals surface area contributed by atoms with E-state index in [2.05, 4.69) is 15.8 Å². The lowest BCUT2D eigenvalue weighted by Crippen LogP contribution is -2.26. The zero-order chi connectivity index (χ0) is 18.4. The van der Waals surface area contributed by atoms with Crippen molar-refractivity contribution in [3.8, 4) is 5.75 Å². The van der Waals surface area contributed by atoms with E-state index in [1.807, 2.05) is 0 Å². The van der Waals surface area contributed by atoms with E-state index in [-0.39, 0.29) is 18.0 Å². The number of aromatic hydroxyl groups is 1. The maximum atomic E-state index is 12.6. The number of benzene rings is 2. The number of nitrogens with one attached hydrogen (secondary N) is 2. The summed E-state index contributed by atoms with van der Waals surface area (Å²) in [6.07, 6.45) is -4.44. The molecular formula is C17H16F3N3O2. The highest BCUT2D eigenvalue weighted by Crippen LogP contribution is 2.30. The highest BCUT2D eigenvalue weighted by atomic mass is 19.4. The van der Waals surface area contributed by atoms with E-state index in [4.69, 9.17) is 0 Å². The van der Waals surface area contributed by atoms with Gasteiger partial charge in [0.15, 0.2) is 0 Å². The summed E-state index contributed by atoms with van der Waals surface area (Å²) in [6.45, 7) is 1.45. The van der Waals surface area contributed by atoms with E-state index in [9.17, 15) is 23.1 Å². The Bertz CT molecular complexity index is 771. The molecule has 0 aromatic heterocycles. The second-order valence-electron chi connectivity index (χ2n) is 5.21. The Kier molecular flexibility index (Phi) is 5.63. The van der Waals surface area contributed by atoms with Gasteiger partial charge >= 0.3 is 6.18 Å². The van der Waals surface area contributed by atoms with E-state index in [1.54, 1.807) is 19.1 Å². The number of nitrogens with zero attached hydrogens (tertiary/aromatic N) is 1. The lowest BCUT2D eigenvalue weighted by molar-refractivity contribution is -0.137. The summed E-state index contributed by atoms with van der Waals surface area (Å²) in [4.78, 5) is 11.7. The number of carbonyl (C=O) groups is 1. The SMILES string of the molecule is C/C(=N/NC(=O)CNc1cccc(C(F)(F)F)c1)c1ccc(O)cc1. The third kappa shape index (κ3) is 5.52. The summed E-state index contributed by atoms with van der Waals surface area (Å²) < 4.78 is 37.9. The van der Waals surface area contributed by atoms with Crippen LogP contribution in [0.15, 0.2) is 53.6 Å². The molecule has 0 aliphatic carbocycles. The first-order valence-corrected chi connectivity index (χ1v) is 7.29. The standard InChI is InChI=1S/C17H16F3N3O2/c1-11(12-5-7-15(24)8-6-12)22-23-16(25)10-21-14-4-2-3-13(9-14)17(18,19)20/h2-9,21,24H,10H2,1H3,(H,23,25)/b22-11-. The molecule has 2 aromatic rings. The van der Waals surface area contributed by atoms with Crippen LogP contribution in [0.4, 0.5) is 18.9 Å². The highest BCUT2D eigenvalue weighted by Gasteiger charge is 2.30. The third-order valence-electron chi connectivity index (χ3n) is 3.28. The third-order valence-corrected chi connectivity index (χ3v) is 3.28. The average molecular weight is 351 g/mol. The number of carbonyl (C=O) groups excluding carboxylic acids is 1. The van der Waals surface area contributed by atoms with E-state index < -0.39 is 17.6 Å². The predicted molar refractivity (Wildman–Crippen MR) is 88.4 cm³/mol. The van der Waals surface area contributed by atoms with Crippen molar-refractivity contribution < 1.29 is 23.1 Å². The molecule has 0 heterocycles. The van der Waals surface area contributed by atoms with Gasteiger partial charge in [-0.15, -0.1) is 0 Å². The fourth-order valence-electron chi connectivity index (χ4n) is 1.94. The van der Waals surface area contributed by atoms with Gasteiger partial charge in [0.05, 0.1) is 17.8 Å². The lowest BCUT2D eigenvalue weighted by atomic mass is 10.1. The monoisotopic (exact) mass is 351 g/mol. The molecular weight excluding hydrogens is 335 g/mol. The first-order chi connectivity index (χ1) is 11.8. The Balaban J connectivity index is 1.90. The molecule has 0 atom stereocenters. The number of alkyl halides is 3. The van der Waals surface area contributed by atoms with E-state index in [1.165, 1.54) is 24.3 Å². The summed E-state index contributed by atoms with van der Waals surface area (Å²) in [5.74, 6) is -0.388. The normalized spacial score (nSPS) is 11.9. The molecule has 2 rings (SSSR count). The van der Waals surface area contributed by atoms with Gasteiger partial charge in [0, 0.05) is 5.69 Å². The molecule has 2 aromatic carbocycles. The van der Waals surface area contributed by atoms with Crippen molar-refractivity contribution in [1.29, 1.82) is 0 Å². The van der Waals surface area contributed by atoms with Crippen LogP contribution < -0.4 is 10.7 Å². The molecule has 0 aliphatic heterocycles. The van der Waals surface area contributed by atoms with Crippen LogP contribution in [0.2, 0.25) is 0 Å². The van der Waals surface area contributed by atoms with Gasteiger partial charge in [-0.25, -0.2) is 5.43 Å². The maximum Gasteiger partial charge on any atom is 0.416 e. The average Bonchev–Trinajstić information content (AvgIpc) is 2.58. The van der Waals surface area contributed by atoms with Crippen LogP contribution in [0.25, 0.3) is 0 Å². The van der Waals surface area contributed by atoms with Crippen LogP contribution in [0.5, 0.6) is 5.75 Å². The summed E-state index contributed by atoms with van der Waals surface area (Å²) in [5.41, 5.74) is 2.94. The summed E-state index contributed by atoms with van der Waals surface area (Å²) in [6, 6.07) is 10.8. The largest absolute Gasteiger partial charge is 0.508 e. The topological polar surface area (TPSA) is 73.7 Å². The molecule has 3 N–H and O–H groups in total. The van der Waals surface area contributed by atoms with Gasteiger partial charge in [0.1, 0.15) is 5.75 Å². The number of amides is 1. The highest BCUT2D eigenvalue weighted by molar-refractivity contribution is 5.99. The number of hydrogen-bond acceptors (Lipinski definition) is 4. The summed E-state index contributed by atoms with van der Waals surface area (Å²) >= 11 is 0. The maximum absolute atomic E-state index is 12.6. The van der Waals surface area contributed by atoms with Crippen LogP contribution in [-0.4, -0.2) is 23.3 Å². The molecule has 0 saturated carbocycles. The van der Waals surface area contributed by atoms with Crippen molar-refractivity contribution in [2.45, 2.75) is 13.1 Å². The number of halogens is 3. The van der Waals surface area contributed by atoms with Crippen molar-refractivity contribution in [1.82, 2.24) is 5.43 Å². The lowest BCUT2D eigenvalue weighted by Gasteiger charge is -2.10. The minimum Gasteiger partial charge on any atom is -0.508 e. The molecule has 0 bridgehead atoms. The van der Waals surface area contributed by atoms with Crippen molar-refractivity contribution in [2.24, 2.45) is 5.10 Å². The fraction of sp³-hybridized carbons (Fsp3) is 0.176. The Labute approximate surface area is 142 Å². The Morgan fingerprint density at radius 3 is 2.48 bits per heavy atom. The number of hydrogen-bond donors (Lipinski definition) is 3. The van der Waals surface area contributed by atoms with E-state index in [0.29, 0.717) is 11.3 Å². The van der Waals surface area contributed by atoms with Crippen molar-refractivity contribution in [3.05, 3.63) is 59.7 Å². The molecule has 8 heteroatoms. The molecule has 25 heavy (non-hydrogen) atoms. The smallest absolute Gasteiger partial charge is 0.416 e. The van der Waals surface area contributed by atoms with E-state index in [0.717, 1.165) is 12.1 Å². The van der Waals surface area contributed by atoms with Crippen molar-refractivity contribution in [3.63, 3.8) is 0 Å². The van der Waals surface area contributed by atoms with E-state index >= 15 is 0 Å². The molecule has 0 aliphatic rings. The van der Waals surface area contributed by atoms with Crippen molar-refractivity contribution in [2.75, 3.05) is 11.9 Å². The van der Waals surface area contributed by atoms with Gasteiger partial charge < -0.3 is 10.4 Å². The molecule has 1 amide bonds. The molecule has 0 saturated heterocycles. The first kappa shape index (κ1) is 18.3. The minimum absolute atomic E-state index is 0.117. The minimum atomic E-state index is -4.44. The van der Waals surface area contributed by atoms with Gasteiger partial charge in [-0.2, -0.15) is 18.3 Å². The number of rotatable bonds is 5. The number of anilines is 1. The molecule has 5 nitrogen and oxygen atoms in total. The van der Waals surface area contributed by atoms with Crippen LogP contribution in [0.3, 0.4) is 0 Å². The van der Waals surface area contributed by atoms with Gasteiger partial charge in [0.2, 0.25) is 0 Å². The first-order valence-electron chi connectivity index (χ1n) is 7.29. The van der Waals surface area contributed by atoms with Gasteiger partial charge in [-0.05, 0) is 55.0 Å². The Hall–Kier alpha value is -3.03. The zero-order valence-electron chi connectivity index (χ0n) is 13.3. The summed E-state index contributed by atoms with van der Waals surface area (Å²) in [7, 11) is 0. The second-order valence-corrected chi connectivity index (χ2v) is 5.21. The Morgan fingerprint density at radius 1 is 1.16 bits per heavy atom. The van der Waals surface area contributed by atoms with Gasteiger partial charge in [0.25, 0.3) is 5.91 Å². The van der Waals surface area contributed by atoms with Crippen LogP contribution in [-0.2, 0) is 11.0 Å². The number of phenolic OH excluding ortho intramolecular Hbond substituents is 1. The summed E-state index contributed by atoms with van der Waals surface area (Å²) in [5, 5.41) is 15.7.